The van der Waals surface area contributed by atoms with Crippen molar-refractivity contribution in [1.82, 2.24) is 4.72 Å². The van der Waals surface area contributed by atoms with Crippen molar-refractivity contribution in [2.75, 3.05) is 24.6 Å². The fourth-order valence-corrected chi connectivity index (χ4v) is 2.93. The molecule has 0 radical (unpaired) electrons. The number of unbranched alkanes of at least 4 members (excludes halogenated alkanes) is 1. The largest absolute Gasteiger partial charge is 0.397 e. The lowest BCUT2D eigenvalue weighted by Gasteiger charge is -2.17. The molecule has 1 atom stereocenters. The van der Waals surface area contributed by atoms with Gasteiger partial charge in [-0.25, -0.2) is 13.1 Å². The average molecular weight is 313 g/mol. The van der Waals surface area contributed by atoms with E-state index in [0.29, 0.717) is 17.3 Å². The molecule has 1 rings (SSSR count). The summed E-state index contributed by atoms with van der Waals surface area (Å²) in [7, 11) is -2.04. The molecule has 0 fully saturated rings. The van der Waals surface area contributed by atoms with E-state index >= 15 is 0 Å². The third-order valence-corrected chi connectivity index (χ3v) is 5.14. The van der Waals surface area contributed by atoms with Crippen LogP contribution in [0, 0.1) is 5.92 Å². The van der Waals surface area contributed by atoms with Crippen LogP contribution >= 0.6 is 0 Å². The third kappa shape index (κ3) is 5.21. The van der Waals surface area contributed by atoms with Gasteiger partial charge >= 0.3 is 0 Å². The van der Waals surface area contributed by atoms with Gasteiger partial charge in [0, 0.05) is 6.54 Å². The normalized spacial score (nSPS) is 13.1. The standard InChI is InChI=1S/C15H27N3O2S/c1-4-6-7-12(5-2)11-18-15-10-13(8-9-14(15)16)21(19,20)17-3/h8-10,12,17-18H,4-7,11,16H2,1-3H3. The summed E-state index contributed by atoms with van der Waals surface area (Å²) in [6.07, 6.45) is 4.67. The van der Waals surface area contributed by atoms with Crippen LogP contribution in [0.3, 0.4) is 0 Å². The second-order valence-corrected chi connectivity index (χ2v) is 7.14. The fraction of sp³-hybridized carbons (Fsp3) is 0.600. The summed E-state index contributed by atoms with van der Waals surface area (Å²) < 4.78 is 26.0. The Morgan fingerprint density at radius 2 is 2.00 bits per heavy atom. The van der Waals surface area contributed by atoms with Crippen molar-refractivity contribution in [3.63, 3.8) is 0 Å². The summed E-state index contributed by atoms with van der Waals surface area (Å²) >= 11 is 0. The molecular formula is C15H27N3O2S. The molecule has 21 heavy (non-hydrogen) atoms. The quantitative estimate of drug-likeness (QED) is 0.612. The van der Waals surface area contributed by atoms with Gasteiger partial charge in [-0.1, -0.05) is 33.1 Å². The Bertz CT molecular complexity index is 544. The molecule has 0 saturated carbocycles. The van der Waals surface area contributed by atoms with Crippen molar-refractivity contribution in [2.45, 2.75) is 44.4 Å². The zero-order chi connectivity index (χ0) is 15.9. The van der Waals surface area contributed by atoms with Crippen LogP contribution in [-0.4, -0.2) is 22.0 Å². The SMILES string of the molecule is CCCCC(CC)CNc1cc(S(=O)(=O)NC)ccc1N. The molecule has 0 aliphatic heterocycles. The van der Waals surface area contributed by atoms with E-state index in [0.717, 1.165) is 13.0 Å². The van der Waals surface area contributed by atoms with E-state index in [1.165, 1.54) is 32.4 Å². The van der Waals surface area contributed by atoms with Gasteiger partial charge in [0.2, 0.25) is 10.0 Å². The first-order valence-electron chi connectivity index (χ1n) is 7.51. The number of sulfonamides is 1. The third-order valence-electron chi connectivity index (χ3n) is 3.73. The number of benzene rings is 1. The van der Waals surface area contributed by atoms with Crippen LogP contribution in [0.5, 0.6) is 0 Å². The predicted octanol–water partition coefficient (Wildman–Crippen LogP) is 2.81. The second-order valence-electron chi connectivity index (χ2n) is 5.25. The van der Waals surface area contributed by atoms with Crippen LogP contribution in [0.15, 0.2) is 23.1 Å². The second kappa shape index (κ2) is 8.24. The van der Waals surface area contributed by atoms with Crippen molar-refractivity contribution < 1.29 is 8.42 Å². The lowest BCUT2D eigenvalue weighted by atomic mass is 9.99. The summed E-state index contributed by atoms with van der Waals surface area (Å²) in [5.41, 5.74) is 7.17. The Morgan fingerprint density at radius 1 is 1.29 bits per heavy atom. The van der Waals surface area contributed by atoms with Crippen molar-refractivity contribution in [3.8, 4) is 0 Å². The monoisotopic (exact) mass is 313 g/mol. The average Bonchev–Trinajstić information content (AvgIpc) is 2.48. The maximum absolute atomic E-state index is 11.8. The first kappa shape index (κ1) is 17.8. The maximum atomic E-state index is 11.8. The minimum absolute atomic E-state index is 0.225. The summed E-state index contributed by atoms with van der Waals surface area (Å²) in [4.78, 5) is 0.225. The van der Waals surface area contributed by atoms with E-state index in [1.807, 2.05) is 0 Å². The molecule has 6 heteroatoms. The van der Waals surface area contributed by atoms with E-state index in [9.17, 15) is 8.42 Å². The Hall–Kier alpha value is -1.27. The molecule has 1 aromatic rings. The molecule has 4 N–H and O–H groups in total. The highest BCUT2D eigenvalue weighted by molar-refractivity contribution is 7.89. The number of hydrogen-bond donors (Lipinski definition) is 3. The molecule has 0 aliphatic rings. The molecule has 0 bridgehead atoms. The Morgan fingerprint density at radius 3 is 2.57 bits per heavy atom. The van der Waals surface area contributed by atoms with Gasteiger partial charge in [-0.2, -0.15) is 0 Å². The van der Waals surface area contributed by atoms with Crippen LogP contribution in [0.1, 0.15) is 39.5 Å². The molecule has 0 amide bonds. The number of rotatable bonds is 9. The molecule has 0 aromatic heterocycles. The maximum Gasteiger partial charge on any atom is 0.240 e. The fourth-order valence-electron chi connectivity index (χ4n) is 2.17. The van der Waals surface area contributed by atoms with Crippen LogP contribution in [0.25, 0.3) is 0 Å². The minimum Gasteiger partial charge on any atom is -0.397 e. The van der Waals surface area contributed by atoms with Crippen molar-refractivity contribution in [2.24, 2.45) is 5.92 Å². The van der Waals surface area contributed by atoms with E-state index in [4.69, 9.17) is 5.73 Å². The van der Waals surface area contributed by atoms with Crippen LogP contribution < -0.4 is 15.8 Å². The molecule has 5 nitrogen and oxygen atoms in total. The Labute approximate surface area is 128 Å². The molecule has 120 valence electrons. The highest BCUT2D eigenvalue weighted by atomic mass is 32.2. The van der Waals surface area contributed by atoms with Gasteiger partial charge in [0.25, 0.3) is 0 Å². The number of nitrogen functional groups attached to an aromatic ring is 1. The number of nitrogens with one attached hydrogen (secondary N) is 2. The highest BCUT2D eigenvalue weighted by Crippen LogP contribution is 2.24. The van der Waals surface area contributed by atoms with Crippen molar-refractivity contribution in [3.05, 3.63) is 18.2 Å². The summed E-state index contributed by atoms with van der Waals surface area (Å²) in [6, 6.07) is 4.73. The van der Waals surface area contributed by atoms with Gasteiger partial charge in [0.1, 0.15) is 0 Å². The first-order valence-corrected chi connectivity index (χ1v) is 8.99. The topological polar surface area (TPSA) is 84.2 Å². The van der Waals surface area contributed by atoms with Crippen LogP contribution in [-0.2, 0) is 10.0 Å². The van der Waals surface area contributed by atoms with Gasteiger partial charge in [-0.3, -0.25) is 0 Å². The van der Waals surface area contributed by atoms with Gasteiger partial charge in [0.15, 0.2) is 0 Å². The molecule has 0 aliphatic carbocycles. The molecule has 0 spiro atoms. The molecule has 1 aromatic carbocycles. The smallest absolute Gasteiger partial charge is 0.240 e. The number of hydrogen-bond acceptors (Lipinski definition) is 4. The van der Waals surface area contributed by atoms with E-state index in [2.05, 4.69) is 23.9 Å². The number of nitrogens with two attached hydrogens (primary N) is 1. The summed E-state index contributed by atoms with van der Waals surface area (Å²) in [5.74, 6) is 0.578. The lowest BCUT2D eigenvalue weighted by molar-refractivity contribution is 0.473. The number of anilines is 2. The zero-order valence-electron chi connectivity index (χ0n) is 13.1. The van der Waals surface area contributed by atoms with Crippen molar-refractivity contribution in [1.29, 1.82) is 0 Å². The lowest BCUT2D eigenvalue weighted by Crippen LogP contribution is -2.19. The summed E-state index contributed by atoms with van der Waals surface area (Å²) in [6.45, 7) is 5.17. The highest BCUT2D eigenvalue weighted by Gasteiger charge is 2.14. The van der Waals surface area contributed by atoms with Crippen LogP contribution in [0.2, 0.25) is 0 Å². The molecule has 0 heterocycles. The summed E-state index contributed by atoms with van der Waals surface area (Å²) in [5, 5.41) is 3.29. The van der Waals surface area contributed by atoms with E-state index < -0.39 is 10.0 Å². The van der Waals surface area contributed by atoms with Gasteiger partial charge in [-0.05, 0) is 37.6 Å². The van der Waals surface area contributed by atoms with E-state index in [1.54, 1.807) is 12.1 Å². The van der Waals surface area contributed by atoms with Crippen LogP contribution in [0.4, 0.5) is 11.4 Å². The molecule has 1 unspecified atom stereocenters. The Balaban J connectivity index is 2.81. The van der Waals surface area contributed by atoms with Crippen molar-refractivity contribution >= 4 is 21.4 Å². The predicted molar refractivity (Wildman–Crippen MR) is 88.9 cm³/mol. The molecular weight excluding hydrogens is 286 g/mol. The van der Waals surface area contributed by atoms with Gasteiger partial charge in [-0.15, -0.1) is 0 Å². The zero-order valence-corrected chi connectivity index (χ0v) is 14.0. The Kier molecular flexibility index (Phi) is 6.98. The molecule has 0 saturated heterocycles. The van der Waals surface area contributed by atoms with Gasteiger partial charge < -0.3 is 11.1 Å². The van der Waals surface area contributed by atoms with Gasteiger partial charge in [0.05, 0.1) is 16.3 Å². The van der Waals surface area contributed by atoms with E-state index in [-0.39, 0.29) is 4.90 Å². The minimum atomic E-state index is -3.44. The first-order chi connectivity index (χ1) is 9.94.